The minimum Gasteiger partial charge on any atom is -0.211 e. The minimum atomic E-state index is -3.59. The van der Waals surface area contributed by atoms with E-state index >= 15 is 0 Å². The van der Waals surface area contributed by atoms with Crippen LogP contribution in [0.2, 0.25) is 0 Å². The quantitative estimate of drug-likeness (QED) is 0.894. The fourth-order valence-electron chi connectivity index (χ4n) is 1.34. The normalized spacial score (nSPS) is 15.5. The van der Waals surface area contributed by atoms with Gasteiger partial charge in [-0.05, 0) is 24.3 Å². The third-order valence-corrected chi connectivity index (χ3v) is 5.03. The van der Waals surface area contributed by atoms with Crippen LogP contribution in [0.15, 0.2) is 17.5 Å². The van der Waals surface area contributed by atoms with Crippen LogP contribution in [0.5, 0.6) is 0 Å². The van der Waals surface area contributed by atoms with Crippen molar-refractivity contribution in [3.63, 3.8) is 0 Å². The lowest BCUT2D eigenvalue weighted by Gasteiger charge is -2.21. The van der Waals surface area contributed by atoms with Gasteiger partial charge in [-0.3, -0.25) is 0 Å². The lowest BCUT2D eigenvalue weighted by atomic mass is 10.0. The average Bonchev–Trinajstić information content (AvgIpc) is 2.77. The van der Waals surface area contributed by atoms with Crippen molar-refractivity contribution in [2.45, 2.75) is 32.1 Å². The van der Waals surface area contributed by atoms with Gasteiger partial charge in [0, 0.05) is 4.88 Å². The molecule has 6 heteroatoms. The molecule has 0 aliphatic heterocycles. The molecular weight excluding hydrogens is 256 g/mol. The largest absolute Gasteiger partial charge is 0.228 e. The van der Waals surface area contributed by atoms with Crippen molar-refractivity contribution in [3.8, 4) is 6.07 Å². The maximum atomic E-state index is 11.8. The Labute approximate surface area is 106 Å². The molecule has 1 heterocycles. The monoisotopic (exact) mass is 272 g/mol. The first-order chi connectivity index (χ1) is 7.88. The molecule has 0 aliphatic carbocycles. The molecule has 17 heavy (non-hydrogen) atoms. The van der Waals surface area contributed by atoms with Crippen LogP contribution in [0.25, 0.3) is 0 Å². The summed E-state index contributed by atoms with van der Waals surface area (Å²) >= 11 is 1.51. The van der Waals surface area contributed by atoms with Crippen LogP contribution in [0.4, 0.5) is 0 Å². The van der Waals surface area contributed by atoms with E-state index < -0.39 is 15.3 Å². The summed E-state index contributed by atoms with van der Waals surface area (Å²) in [5.74, 6) is 0.134. The molecule has 0 saturated carbocycles. The van der Waals surface area contributed by atoms with Gasteiger partial charge in [0.05, 0.1) is 12.1 Å². The van der Waals surface area contributed by atoms with E-state index in [1.807, 2.05) is 31.4 Å². The highest BCUT2D eigenvalue weighted by Crippen LogP contribution is 2.26. The Kier molecular flexibility index (Phi) is 4.69. The van der Waals surface area contributed by atoms with Crippen molar-refractivity contribution >= 4 is 21.4 Å². The highest BCUT2D eigenvalue weighted by atomic mass is 32.2. The number of nitrogens with zero attached hydrogens (tertiary/aromatic N) is 1. The van der Waals surface area contributed by atoms with Crippen molar-refractivity contribution in [1.82, 2.24) is 4.72 Å². The number of nitriles is 1. The molecule has 0 bridgehead atoms. The molecule has 0 radical (unpaired) electrons. The SMILES string of the molecule is CC(C)C(NS(=O)(=O)C(C)C#N)c1cccs1. The standard InChI is InChI=1S/C11H16N2O2S2/c1-8(2)11(10-5-4-6-16-10)13-17(14,15)9(3)7-12/h4-6,8-9,11,13H,1-3H3. The summed E-state index contributed by atoms with van der Waals surface area (Å²) in [5, 5.41) is 9.56. The van der Waals surface area contributed by atoms with Gasteiger partial charge in [0.15, 0.2) is 5.25 Å². The molecule has 0 amide bonds. The first-order valence-corrected chi connectivity index (χ1v) is 7.75. The Morgan fingerprint density at radius 1 is 1.41 bits per heavy atom. The van der Waals surface area contributed by atoms with Crippen LogP contribution in [-0.4, -0.2) is 13.7 Å². The second-order valence-electron chi connectivity index (χ2n) is 4.17. The lowest BCUT2D eigenvalue weighted by molar-refractivity contribution is 0.467. The van der Waals surface area contributed by atoms with E-state index in [1.54, 1.807) is 6.07 Å². The van der Waals surface area contributed by atoms with Gasteiger partial charge < -0.3 is 0 Å². The molecule has 0 aliphatic rings. The highest BCUT2D eigenvalue weighted by Gasteiger charge is 2.27. The second-order valence-corrected chi connectivity index (χ2v) is 7.18. The van der Waals surface area contributed by atoms with Crippen LogP contribution in [0.3, 0.4) is 0 Å². The molecule has 0 saturated heterocycles. The molecule has 4 nitrogen and oxygen atoms in total. The zero-order valence-corrected chi connectivity index (χ0v) is 11.7. The van der Waals surface area contributed by atoms with Crippen LogP contribution in [-0.2, 0) is 10.0 Å². The molecule has 1 aromatic rings. The number of sulfonamides is 1. The lowest BCUT2D eigenvalue weighted by Crippen LogP contribution is -2.36. The van der Waals surface area contributed by atoms with Gasteiger partial charge in [0.25, 0.3) is 0 Å². The molecule has 1 rings (SSSR count). The van der Waals surface area contributed by atoms with Gasteiger partial charge in [0.1, 0.15) is 0 Å². The van der Waals surface area contributed by atoms with Gasteiger partial charge in [-0.2, -0.15) is 5.26 Å². The Morgan fingerprint density at radius 3 is 2.47 bits per heavy atom. The van der Waals surface area contributed by atoms with Crippen molar-refractivity contribution < 1.29 is 8.42 Å². The first-order valence-electron chi connectivity index (χ1n) is 5.32. The fraction of sp³-hybridized carbons (Fsp3) is 0.545. The molecule has 0 spiro atoms. The van der Waals surface area contributed by atoms with Crippen molar-refractivity contribution in [3.05, 3.63) is 22.4 Å². The molecule has 0 fully saturated rings. The summed E-state index contributed by atoms with van der Waals surface area (Å²) in [5.41, 5.74) is 0. The van der Waals surface area contributed by atoms with Crippen molar-refractivity contribution in [1.29, 1.82) is 5.26 Å². The van der Waals surface area contributed by atoms with E-state index in [-0.39, 0.29) is 12.0 Å². The maximum absolute atomic E-state index is 11.8. The van der Waals surface area contributed by atoms with Crippen molar-refractivity contribution in [2.24, 2.45) is 5.92 Å². The Hall–Kier alpha value is -0.900. The van der Waals surface area contributed by atoms with Crippen LogP contribution in [0, 0.1) is 17.2 Å². The second kappa shape index (κ2) is 5.63. The van der Waals surface area contributed by atoms with Gasteiger partial charge >= 0.3 is 0 Å². The highest BCUT2D eigenvalue weighted by molar-refractivity contribution is 7.90. The molecule has 94 valence electrons. The Bertz CT molecular complexity index is 486. The molecule has 1 N–H and O–H groups in total. The number of thiophene rings is 1. The molecular formula is C11H16N2O2S2. The molecule has 2 atom stereocenters. The number of hydrogen-bond donors (Lipinski definition) is 1. The van der Waals surface area contributed by atoms with E-state index in [9.17, 15) is 8.42 Å². The maximum Gasteiger partial charge on any atom is 0.228 e. The van der Waals surface area contributed by atoms with E-state index in [0.29, 0.717) is 0 Å². The van der Waals surface area contributed by atoms with E-state index in [4.69, 9.17) is 5.26 Å². The van der Waals surface area contributed by atoms with Crippen LogP contribution >= 0.6 is 11.3 Å². The van der Waals surface area contributed by atoms with Crippen LogP contribution < -0.4 is 4.72 Å². The summed E-state index contributed by atoms with van der Waals surface area (Å²) in [6.45, 7) is 5.28. The van der Waals surface area contributed by atoms with Gasteiger partial charge in [-0.15, -0.1) is 11.3 Å². The minimum absolute atomic E-state index is 0.134. The predicted octanol–water partition coefficient (Wildman–Crippen LogP) is 2.28. The van der Waals surface area contributed by atoms with E-state index in [2.05, 4.69) is 4.72 Å². The molecule has 0 aromatic carbocycles. The number of hydrogen-bond acceptors (Lipinski definition) is 4. The first kappa shape index (κ1) is 14.2. The third kappa shape index (κ3) is 3.53. The Morgan fingerprint density at radius 2 is 2.06 bits per heavy atom. The smallest absolute Gasteiger partial charge is 0.211 e. The summed E-state index contributed by atoms with van der Waals surface area (Å²) in [6, 6.07) is 5.26. The van der Waals surface area contributed by atoms with Gasteiger partial charge in [-0.1, -0.05) is 19.9 Å². The van der Waals surface area contributed by atoms with E-state index in [0.717, 1.165) is 4.88 Å². The zero-order valence-electron chi connectivity index (χ0n) is 10.0. The van der Waals surface area contributed by atoms with Crippen molar-refractivity contribution in [2.75, 3.05) is 0 Å². The summed E-state index contributed by atoms with van der Waals surface area (Å²) in [7, 11) is -3.59. The van der Waals surface area contributed by atoms with Gasteiger partial charge in [0.2, 0.25) is 10.0 Å². The topological polar surface area (TPSA) is 70.0 Å². The predicted molar refractivity (Wildman–Crippen MR) is 69.0 cm³/mol. The van der Waals surface area contributed by atoms with E-state index in [1.165, 1.54) is 18.3 Å². The molecule has 2 unspecified atom stereocenters. The zero-order chi connectivity index (χ0) is 13.1. The summed E-state index contributed by atoms with van der Waals surface area (Å²) in [6.07, 6.45) is 0. The summed E-state index contributed by atoms with van der Waals surface area (Å²) in [4.78, 5) is 0.966. The summed E-state index contributed by atoms with van der Waals surface area (Å²) < 4.78 is 26.3. The number of rotatable bonds is 5. The fourth-order valence-corrected chi connectivity index (χ4v) is 3.46. The molecule has 1 aromatic heterocycles. The average molecular weight is 272 g/mol. The third-order valence-electron chi connectivity index (χ3n) is 2.45. The number of nitrogens with one attached hydrogen (secondary N) is 1. The Balaban J connectivity index is 2.94. The van der Waals surface area contributed by atoms with Gasteiger partial charge in [-0.25, -0.2) is 13.1 Å². The van der Waals surface area contributed by atoms with Crippen LogP contribution in [0.1, 0.15) is 31.7 Å².